The molecule has 2 aliphatic rings. The monoisotopic (exact) mass is 466 g/mol. The van der Waals surface area contributed by atoms with E-state index < -0.39 is 28.0 Å². The van der Waals surface area contributed by atoms with Gasteiger partial charge in [0.25, 0.3) is 0 Å². The lowest BCUT2D eigenvalue weighted by Crippen LogP contribution is -2.43. The Morgan fingerprint density at radius 1 is 1.24 bits per heavy atom. The highest BCUT2D eigenvalue weighted by Crippen LogP contribution is 2.45. The molecule has 0 bridgehead atoms. The summed E-state index contributed by atoms with van der Waals surface area (Å²) in [5, 5.41) is 10.8. The molecule has 1 unspecified atom stereocenters. The molecule has 1 fully saturated rings. The molecule has 152 valence electrons. The van der Waals surface area contributed by atoms with Crippen molar-refractivity contribution >= 4 is 33.2 Å². The van der Waals surface area contributed by atoms with E-state index in [1.165, 1.54) is 0 Å². The Morgan fingerprint density at radius 3 is 2.62 bits per heavy atom. The minimum absolute atomic E-state index is 0.0261. The van der Waals surface area contributed by atoms with Crippen LogP contribution in [-0.4, -0.2) is 16.9 Å². The number of ether oxygens (including phenoxy) is 1. The molecule has 9 heteroatoms. The van der Waals surface area contributed by atoms with Crippen molar-refractivity contribution in [1.82, 2.24) is 0 Å². The van der Waals surface area contributed by atoms with Gasteiger partial charge in [-0.05, 0) is 60.7 Å². The number of anilines is 1. The predicted molar refractivity (Wildman–Crippen MR) is 105 cm³/mol. The van der Waals surface area contributed by atoms with E-state index in [0.717, 1.165) is 12.8 Å². The van der Waals surface area contributed by atoms with Crippen LogP contribution < -0.4 is 9.64 Å². The van der Waals surface area contributed by atoms with Crippen molar-refractivity contribution in [1.29, 1.82) is 0 Å². The number of rotatable bonds is 4. The van der Waals surface area contributed by atoms with Gasteiger partial charge in [-0.1, -0.05) is 0 Å². The minimum Gasteiger partial charge on any atom is -0.453 e. The molecule has 0 N–H and O–H groups in total. The molecule has 1 heterocycles. The summed E-state index contributed by atoms with van der Waals surface area (Å²) in [5.41, 5.74) is 0.449. The zero-order valence-corrected chi connectivity index (χ0v) is 17.0. The first-order valence-corrected chi connectivity index (χ1v) is 10.0. The van der Waals surface area contributed by atoms with E-state index in [-0.39, 0.29) is 23.6 Å². The van der Waals surface area contributed by atoms with Crippen molar-refractivity contribution in [3.8, 4) is 11.5 Å². The lowest BCUT2D eigenvalue weighted by atomic mass is 9.95. The SMILES string of the molecule is CC1CCc2c(ccc(Br)c2Oc2cc(F)c([N+](=O)[O-])cc2F)N1C(=O)C1CC1. The highest BCUT2D eigenvalue weighted by Gasteiger charge is 2.39. The van der Waals surface area contributed by atoms with E-state index in [4.69, 9.17) is 4.74 Å². The third-order valence-corrected chi connectivity index (χ3v) is 5.90. The summed E-state index contributed by atoms with van der Waals surface area (Å²) in [6.07, 6.45) is 3.06. The largest absolute Gasteiger partial charge is 0.453 e. The lowest BCUT2D eigenvalue weighted by molar-refractivity contribution is -0.387. The maximum absolute atomic E-state index is 14.3. The van der Waals surface area contributed by atoms with Crippen LogP contribution in [0.5, 0.6) is 11.5 Å². The van der Waals surface area contributed by atoms with Crippen LogP contribution in [0, 0.1) is 27.7 Å². The van der Waals surface area contributed by atoms with Crippen molar-refractivity contribution in [2.75, 3.05) is 4.90 Å². The predicted octanol–water partition coefficient (Wildman–Crippen LogP) is 5.51. The molecule has 0 aromatic heterocycles. The molecule has 6 nitrogen and oxygen atoms in total. The number of nitro groups is 1. The number of halogens is 3. The normalized spacial score (nSPS) is 18.3. The van der Waals surface area contributed by atoms with Gasteiger partial charge in [-0.15, -0.1) is 0 Å². The smallest absolute Gasteiger partial charge is 0.307 e. The molecule has 1 aliphatic heterocycles. The number of carbonyl (C=O) groups excluding carboxylic acids is 1. The highest BCUT2D eigenvalue weighted by molar-refractivity contribution is 9.10. The van der Waals surface area contributed by atoms with E-state index in [1.807, 2.05) is 13.0 Å². The number of amides is 1. The summed E-state index contributed by atoms with van der Waals surface area (Å²) >= 11 is 3.37. The van der Waals surface area contributed by atoms with Crippen LogP contribution in [0.25, 0.3) is 0 Å². The Balaban J connectivity index is 1.75. The Hall–Kier alpha value is -2.55. The van der Waals surface area contributed by atoms with Gasteiger partial charge in [-0.3, -0.25) is 14.9 Å². The Bertz CT molecular complexity index is 1030. The molecular weight excluding hydrogens is 450 g/mol. The molecule has 1 atom stereocenters. The fourth-order valence-corrected chi connectivity index (χ4v) is 4.05. The number of fused-ring (bicyclic) bond motifs is 1. The maximum Gasteiger partial charge on any atom is 0.307 e. The Morgan fingerprint density at radius 2 is 1.97 bits per heavy atom. The van der Waals surface area contributed by atoms with Crippen LogP contribution in [0.4, 0.5) is 20.2 Å². The van der Waals surface area contributed by atoms with Crippen LogP contribution in [0.2, 0.25) is 0 Å². The van der Waals surface area contributed by atoms with Gasteiger partial charge in [-0.25, -0.2) is 4.39 Å². The number of nitrogens with zero attached hydrogens (tertiary/aromatic N) is 2. The summed E-state index contributed by atoms with van der Waals surface area (Å²) in [7, 11) is 0. The standard InChI is InChI=1S/C20H17BrF2N2O4/c1-10-2-5-12-16(24(10)20(26)11-3-4-11)7-6-13(21)19(12)29-18-9-14(22)17(25(27)28)8-15(18)23/h6-11H,2-5H2,1H3. The maximum atomic E-state index is 14.3. The zero-order chi connectivity index (χ0) is 20.9. The first kappa shape index (κ1) is 19.8. The zero-order valence-electron chi connectivity index (χ0n) is 15.5. The van der Waals surface area contributed by atoms with E-state index >= 15 is 0 Å². The molecule has 2 aromatic carbocycles. The topological polar surface area (TPSA) is 72.7 Å². The van der Waals surface area contributed by atoms with Crippen LogP contribution >= 0.6 is 15.9 Å². The quantitative estimate of drug-likeness (QED) is 0.440. The molecule has 1 saturated carbocycles. The number of hydrogen-bond donors (Lipinski definition) is 0. The van der Waals surface area contributed by atoms with Crippen LogP contribution in [0.3, 0.4) is 0 Å². The number of nitro benzene ring substituents is 1. The number of carbonyl (C=O) groups is 1. The average Bonchev–Trinajstić information content (AvgIpc) is 3.51. The Labute approximate surface area is 173 Å². The van der Waals surface area contributed by atoms with Gasteiger partial charge in [0.1, 0.15) is 5.75 Å². The highest BCUT2D eigenvalue weighted by atomic mass is 79.9. The second-order valence-corrected chi connectivity index (χ2v) is 8.19. The van der Waals surface area contributed by atoms with Gasteiger partial charge in [-0.2, -0.15) is 4.39 Å². The average molecular weight is 467 g/mol. The van der Waals surface area contributed by atoms with Crippen molar-refractivity contribution in [2.24, 2.45) is 5.92 Å². The van der Waals surface area contributed by atoms with Crippen molar-refractivity contribution < 1.29 is 23.2 Å². The summed E-state index contributed by atoms with van der Waals surface area (Å²) in [6, 6.07) is 4.70. The van der Waals surface area contributed by atoms with Gasteiger partial charge in [0.2, 0.25) is 11.7 Å². The first-order chi connectivity index (χ1) is 13.8. The molecule has 29 heavy (non-hydrogen) atoms. The van der Waals surface area contributed by atoms with E-state index in [1.54, 1.807) is 11.0 Å². The van der Waals surface area contributed by atoms with Gasteiger partial charge in [0, 0.05) is 23.6 Å². The van der Waals surface area contributed by atoms with E-state index in [9.17, 15) is 23.7 Å². The van der Waals surface area contributed by atoms with Gasteiger partial charge in [0.05, 0.1) is 21.1 Å². The summed E-state index contributed by atoms with van der Waals surface area (Å²) in [6.45, 7) is 1.98. The molecule has 0 saturated heterocycles. The molecule has 0 spiro atoms. The fraction of sp³-hybridized carbons (Fsp3) is 0.350. The van der Waals surface area contributed by atoms with Gasteiger partial charge < -0.3 is 9.64 Å². The number of benzene rings is 2. The molecular formula is C20H17BrF2N2O4. The molecule has 2 aromatic rings. The van der Waals surface area contributed by atoms with Crippen molar-refractivity contribution in [2.45, 2.75) is 38.6 Å². The van der Waals surface area contributed by atoms with Gasteiger partial charge in [0.15, 0.2) is 11.6 Å². The molecule has 4 rings (SSSR count). The Kier molecular flexibility index (Phi) is 5.02. The summed E-state index contributed by atoms with van der Waals surface area (Å²) in [4.78, 5) is 24.4. The second-order valence-electron chi connectivity index (χ2n) is 7.34. The fourth-order valence-electron chi connectivity index (χ4n) is 3.60. The second kappa shape index (κ2) is 7.37. The van der Waals surface area contributed by atoms with Crippen molar-refractivity contribution in [3.63, 3.8) is 0 Å². The first-order valence-electron chi connectivity index (χ1n) is 9.23. The molecule has 1 amide bonds. The third-order valence-electron chi connectivity index (χ3n) is 5.27. The third kappa shape index (κ3) is 3.59. The van der Waals surface area contributed by atoms with Crippen LogP contribution in [0.1, 0.15) is 31.7 Å². The van der Waals surface area contributed by atoms with Crippen molar-refractivity contribution in [3.05, 3.63) is 56.1 Å². The minimum atomic E-state index is -1.19. The number of hydrogen-bond acceptors (Lipinski definition) is 4. The molecule has 1 aliphatic carbocycles. The van der Waals surface area contributed by atoms with Crippen LogP contribution in [0.15, 0.2) is 28.7 Å². The van der Waals surface area contributed by atoms with Crippen LogP contribution in [-0.2, 0) is 11.2 Å². The molecule has 0 radical (unpaired) electrons. The van der Waals surface area contributed by atoms with Gasteiger partial charge >= 0.3 is 5.69 Å². The van der Waals surface area contributed by atoms with E-state index in [2.05, 4.69) is 15.9 Å². The van der Waals surface area contributed by atoms with E-state index in [0.29, 0.717) is 40.7 Å². The summed E-state index contributed by atoms with van der Waals surface area (Å²) < 4.78 is 34.5. The lowest BCUT2D eigenvalue weighted by Gasteiger charge is -2.36. The summed E-state index contributed by atoms with van der Waals surface area (Å²) in [5.74, 6) is -2.31.